The van der Waals surface area contributed by atoms with Gasteiger partial charge in [-0.25, -0.2) is 14.2 Å². The number of aromatic nitrogens is 1. The first-order valence-electron chi connectivity index (χ1n) is 10.3. The van der Waals surface area contributed by atoms with Crippen molar-refractivity contribution in [3.63, 3.8) is 0 Å². The third-order valence-electron chi connectivity index (χ3n) is 5.40. The lowest BCUT2D eigenvalue weighted by Crippen LogP contribution is -2.39. The highest BCUT2D eigenvalue weighted by molar-refractivity contribution is 7.07. The molecule has 2 aliphatic heterocycles. The van der Waals surface area contributed by atoms with Gasteiger partial charge < -0.3 is 14.2 Å². The van der Waals surface area contributed by atoms with Crippen molar-refractivity contribution in [1.29, 1.82) is 0 Å². The van der Waals surface area contributed by atoms with Crippen LogP contribution in [0.25, 0.3) is 6.08 Å². The van der Waals surface area contributed by atoms with Gasteiger partial charge in [-0.3, -0.25) is 9.36 Å². The Labute approximate surface area is 191 Å². The Morgan fingerprint density at radius 3 is 2.76 bits per heavy atom. The molecule has 0 N–H and O–H groups in total. The fourth-order valence-electron chi connectivity index (χ4n) is 3.91. The normalized spacial score (nSPS) is 17.1. The van der Waals surface area contributed by atoms with E-state index in [9.17, 15) is 14.0 Å². The van der Waals surface area contributed by atoms with E-state index in [1.807, 2.05) is 6.07 Å². The van der Waals surface area contributed by atoms with Crippen molar-refractivity contribution < 1.29 is 23.4 Å². The molecule has 1 aromatic heterocycles. The number of hydrogen-bond donors (Lipinski definition) is 0. The van der Waals surface area contributed by atoms with Crippen molar-refractivity contribution in [3.8, 4) is 11.5 Å². The zero-order valence-corrected chi connectivity index (χ0v) is 18.6. The Morgan fingerprint density at radius 1 is 1.24 bits per heavy atom. The molecule has 0 spiro atoms. The summed E-state index contributed by atoms with van der Waals surface area (Å²) in [6, 6.07) is 10.4. The smallest absolute Gasteiger partial charge is 0.338 e. The molecule has 3 aromatic rings. The number of allylic oxidation sites excluding steroid dienone is 1. The molecule has 2 aliphatic rings. The molecule has 2 aromatic carbocycles. The molecule has 7 nitrogen and oxygen atoms in total. The summed E-state index contributed by atoms with van der Waals surface area (Å²) in [5.74, 6) is 0.297. The molecule has 0 radical (unpaired) electrons. The summed E-state index contributed by atoms with van der Waals surface area (Å²) in [6.45, 7) is 3.76. The number of benzene rings is 2. The number of esters is 1. The van der Waals surface area contributed by atoms with E-state index in [0.717, 1.165) is 5.56 Å². The molecule has 5 rings (SSSR count). The maximum atomic E-state index is 13.6. The average molecular weight is 466 g/mol. The lowest BCUT2D eigenvalue weighted by molar-refractivity contribution is -0.139. The minimum atomic E-state index is -0.778. The van der Waals surface area contributed by atoms with Gasteiger partial charge in [0.15, 0.2) is 16.3 Å². The van der Waals surface area contributed by atoms with Gasteiger partial charge in [0, 0.05) is 0 Å². The van der Waals surface area contributed by atoms with E-state index in [2.05, 4.69) is 4.99 Å². The maximum absolute atomic E-state index is 13.6. The summed E-state index contributed by atoms with van der Waals surface area (Å²) in [5, 5.41) is 0. The van der Waals surface area contributed by atoms with Crippen LogP contribution in [0.2, 0.25) is 0 Å². The van der Waals surface area contributed by atoms with E-state index >= 15 is 0 Å². The Balaban J connectivity index is 1.69. The van der Waals surface area contributed by atoms with Crippen molar-refractivity contribution >= 4 is 23.4 Å². The molecular weight excluding hydrogens is 447 g/mol. The molecule has 0 aliphatic carbocycles. The highest BCUT2D eigenvalue weighted by atomic mass is 32.1. The van der Waals surface area contributed by atoms with Crippen LogP contribution in [0.5, 0.6) is 11.5 Å². The van der Waals surface area contributed by atoms with Crippen LogP contribution in [-0.2, 0) is 9.53 Å². The summed E-state index contributed by atoms with van der Waals surface area (Å²) in [7, 11) is 0. The van der Waals surface area contributed by atoms with Crippen molar-refractivity contribution in [2.75, 3.05) is 13.4 Å². The van der Waals surface area contributed by atoms with E-state index in [0.29, 0.717) is 32.1 Å². The molecule has 1 unspecified atom stereocenters. The van der Waals surface area contributed by atoms with Crippen molar-refractivity contribution in [2.24, 2.45) is 4.99 Å². The number of carbonyl (C=O) groups excluding carboxylic acids is 1. The van der Waals surface area contributed by atoms with Gasteiger partial charge in [-0.15, -0.1) is 0 Å². The molecule has 0 amide bonds. The molecule has 1 atom stereocenters. The molecule has 0 bridgehead atoms. The van der Waals surface area contributed by atoms with Gasteiger partial charge in [0.05, 0.1) is 28.5 Å². The quantitative estimate of drug-likeness (QED) is 0.553. The lowest BCUT2D eigenvalue weighted by atomic mass is 9.96. The first-order valence-corrected chi connectivity index (χ1v) is 11.1. The highest BCUT2D eigenvalue weighted by Crippen LogP contribution is 2.33. The van der Waals surface area contributed by atoms with Gasteiger partial charge in [-0.2, -0.15) is 0 Å². The maximum Gasteiger partial charge on any atom is 0.338 e. The van der Waals surface area contributed by atoms with E-state index in [1.54, 1.807) is 44.2 Å². The number of halogens is 1. The summed E-state index contributed by atoms with van der Waals surface area (Å²) >= 11 is 1.22. The average Bonchev–Trinajstić information content (AvgIpc) is 3.37. The lowest BCUT2D eigenvalue weighted by Gasteiger charge is -2.24. The fraction of sp³-hybridized carbons (Fsp3) is 0.208. The van der Waals surface area contributed by atoms with Gasteiger partial charge in [0.2, 0.25) is 6.79 Å². The molecule has 0 fully saturated rings. The zero-order chi connectivity index (χ0) is 23.1. The zero-order valence-electron chi connectivity index (χ0n) is 17.8. The highest BCUT2D eigenvalue weighted by Gasteiger charge is 2.33. The second-order valence-electron chi connectivity index (χ2n) is 7.47. The summed E-state index contributed by atoms with van der Waals surface area (Å²) < 4.78 is 31.5. The van der Waals surface area contributed by atoms with Crippen LogP contribution < -0.4 is 24.4 Å². The predicted octanol–water partition coefficient (Wildman–Crippen LogP) is 2.67. The molecule has 3 heterocycles. The second-order valence-corrected chi connectivity index (χ2v) is 8.48. The third-order valence-corrected chi connectivity index (χ3v) is 6.38. The van der Waals surface area contributed by atoms with Crippen LogP contribution in [0.15, 0.2) is 63.5 Å². The van der Waals surface area contributed by atoms with E-state index < -0.39 is 17.8 Å². The molecular formula is C24H19FN2O5S. The van der Waals surface area contributed by atoms with Gasteiger partial charge in [0.25, 0.3) is 5.56 Å². The monoisotopic (exact) mass is 466 g/mol. The number of ether oxygens (including phenoxy) is 3. The van der Waals surface area contributed by atoms with Crippen molar-refractivity contribution in [1.82, 2.24) is 4.57 Å². The Morgan fingerprint density at radius 2 is 2.00 bits per heavy atom. The Bertz CT molecular complexity index is 1470. The summed E-state index contributed by atoms with van der Waals surface area (Å²) in [4.78, 5) is 31.3. The number of thiazole rings is 1. The first-order chi connectivity index (χ1) is 16.0. The molecule has 33 heavy (non-hydrogen) atoms. The largest absolute Gasteiger partial charge is 0.463 e. The molecule has 9 heteroatoms. The number of rotatable bonds is 4. The second kappa shape index (κ2) is 8.32. The Hall–Kier alpha value is -3.72. The van der Waals surface area contributed by atoms with Gasteiger partial charge in [-0.05, 0) is 55.3 Å². The topological polar surface area (TPSA) is 79.1 Å². The van der Waals surface area contributed by atoms with E-state index in [-0.39, 0.29) is 24.5 Å². The van der Waals surface area contributed by atoms with Crippen molar-refractivity contribution in [3.05, 3.63) is 90.4 Å². The SMILES string of the molecule is CCOC(=O)C1=C(C)N=c2sc(=Cc3ccc4c(c3)OCO4)c(=O)n2C1c1ccc(F)cc1. The van der Waals surface area contributed by atoms with E-state index in [1.165, 1.54) is 28.0 Å². The third kappa shape index (κ3) is 3.74. The number of nitrogens with zero attached hydrogens (tertiary/aromatic N) is 2. The molecule has 0 saturated heterocycles. The number of fused-ring (bicyclic) bond motifs is 2. The van der Waals surface area contributed by atoms with Crippen LogP contribution >= 0.6 is 11.3 Å². The van der Waals surface area contributed by atoms with Crippen LogP contribution in [0.3, 0.4) is 0 Å². The van der Waals surface area contributed by atoms with Gasteiger partial charge in [-0.1, -0.05) is 29.5 Å². The van der Waals surface area contributed by atoms with Crippen LogP contribution in [-0.4, -0.2) is 23.9 Å². The van der Waals surface area contributed by atoms with Crippen LogP contribution in [0.1, 0.15) is 31.0 Å². The van der Waals surface area contributed by atoms with E-state index in [4.69, 9.17) is 14.2 Å². The minimum Gasteiger partial charge on any atom is -0.463 e. The first kappa shape index (κ1) is 21.1. The summed E-state index contributed by atoms with van der Waals surface area (Å²) in [6.07, 6.45) is 1.75. The van der Waals surface area contributed by atoms with Gasteiger partial charge >= 0.3 is 5.97 Å². The molecule has 168 valence electrons. The van der Waals surface area contributed by atoms with Gasteiger partial charge in [0.1, 0.15) is 5.82 Å². The van der Waals surface area contributed by atoms with Crippen molar-refractivity contribution in [2.45, 2.75) is 19.9 Å². The standard InChI is InChI=1S/C24H19FN2O5S/c1-3-30-23(29)20-13(2)26-24-27(21(20)15-5-7-16(25)8-6-15)22(28)19(33-24)11-14-4-9-17-18(10-14)32-12-31-17/h4-11,21H,3,12H2,1-2H3. The minimum absolute atomic E-state index is 0.161. The van der Waals surface area contributed by atoms with Crippen LogP contribution in [0.4, 0.5) is 4.39 Å². The number of carbonyl (C=O) groups is 1. The molecule has 0 saturated carbocycles. The predicted molar refractivity (Wildman–Crippen MR) is 119 cm³/mol. The van der Waals surface area contributed by atoms with Crippen LogP contribution in [0, 0.1) is 5.82 Å². The Kier molecular flexibility index (Phi) is 5.33. The fourth-order valence-corrected chi connectivity index (χ4v) is 4.95. The number of hydrogen-bond acceptors (Lipinski definition) is 7. The summed E-state index contributed by atoms with van der Waals surface area (Å²) in [5.41, 5.74) is 1.76.